The fourth-order valence-corrected chi connectivity index (χ4v) is 0.880. The van der Waals surface area contributed by atoms with Crippen LogP contribution in [0.4, 0.5) is 0 Å². The summed E-state index contributed by atoms with van der Waals surface area (Å²) in [7, 11) is 0. The van der Waals surface area contributed by atoms with Gasteiger partial charge in [-0.15, -0.1) is 10.2 Å². The zero-order chi connectivity index (χ0) is 7.03. The van der Waals surface area contributed by atoms with Crippen molar-refractivity contribution in [3.63, 3.8) is 0 Å². The summed E-state index contributed by atoms with van der Waals surface area (Å²) in [4.78, 5) is 0. The van der Waals surface area contributed by atoms with Gasteiger partial charge in [-0.1, -0.05) is 0 Å². The van der Waals surface area contributed by atoms with Crippen molar-refractivity contribution in [1.82, 2.24) is 10.2 Å². The molecule has 2 rings (SSSR count). The van der Waals surface area contributed by atoms with Crippen molar-refractivity contribution in [2.75, 3.05) is 0 Å². The van der Waals surface area contributed by atoms with Crippen molar-refractivity contribution in [3.05, 3.63) is 12.3 Å². The van der Waals surface area contributed by atoms with Crippen LogP contribution in [0.25, 0.3) is 0 Å². The maximum atomic E-state index is 8.65. The van der Waals surface area contributed by atoms with E-state index < -0.39 is 5.41 Å². The number of nitriles is 1. The molecular weight excluding hydrogens is 130 g/mol. The van der Waals surface area contributed by atoms with Crippen molar-refractivity contribution in [2.45, 2.75) is 18.3 Å². The molecule has 4 nitrogen and oxygen atoms in total. The third kappa shape index (κ3) is 0.545. The summed E-state index contributed by atoms with van der Waals surface area (Å²) >= 11 is 0. The summed E-state index contributed by atoms with van der Waals surface area (Å²) in [6.07, 6.45) is 2.96. The van der Waals surface area contributed by atoms with Crippen LogP contribution in [0.15, 0.2) is 10.8 Å². The lowest BCUT2D eigenvalue weighted by Gasteiger charge is -1.93. The highest BCUT2D eigenvalue weighted by molar-refractivity contribution is 5.26. The van der Waals surface area contributed by atoms with Gasteiger partial charge in [0.2, 0.25) is 12.3 Å². The fraction of sp³-hybridized carbons (Fsp3) is 0.500. The first-order chi connectivity index (χ1) is 4.87. The number of aromatic nitrogens is 2. The molecule has 0 aromatic carbocycles. The SMILES string of the molecule is N#CC1(c2nnco2)CC1. The molecule has 1 aromatic rings. The molecule has 1 aliphatic carbocycles. The fourth-order valence-electron chi connectivity index (χ4n) is 0.880. The molecule has 0 amide bonds. The van der Waals surface area contributed by atoms with Crippen LogP contribution in [0.5, 0.6) is 0 Å². The van der Waals surface area contributed by atoms with E-state index in [0.29, 0.717) is 5.89 Å². The summed E-state index contributed by atoms with van der Waals surface area (Å²) in [6, 6.07) is 2.16. The van der Waals surface area contributed by atoms with Gasteiger partial charge in [-0.05, 0) is 12.8 Å². The minimum Gasteiger partial charge on any atom is -0.426 e. The van der Waals surface area contributed by atoms with Crippen molar-refractivity contribution < 1.29 is 4.42 Å². The van der Waals surface area contributed by atoms with Crippen molar-refractivity contribution in [3.8, 4) is 6.07 Å². The minimum absolute atomic E-state index is 0.420. The van der Waals surface area contributed by atoms with Crippen LogP contribution in [0.1, 0.15) is 18.7 Å². The molecule has 0 spiro atoms. The van der Waals surface area contributed by atoms with Crippen LogP contribution < -0.4 is 0 Å². The van der Waals surface area contributed by atoms with E-state index in [0.717, 1.165) is 12.8 Å². The van der Waals surface area contributed by atoms with Gasteiger partial charge in [0.25, 0.3) is 0 Å². The standard InChI is InChI=1S/C6H5N3O/c7-3-6(1-2-6)5-9-8-4-10-5/h4H,1-2H2. The molecular formula is C6H5N3O. The zero-order valence-electron chi connectivity index (χ0n) is 5.24. The number of hydrogen-bond acceptors (Lipinski definition) is 4. The Balaban J connectivity index is 2.38. The summed E-state index contributed by atoms with van der Waals surface area (Å²) in [5.41, 5.74) is -0.420. The highest BCUT2D eigenvalue weighted by atomic mass is 16.4. The third-order valence-corrected chi connectivity index (χ3v) is 1.73. The van der Waals surface area contributed by atoms with Crippen molar-refractivity contribution in [1.29, 1.82) is 5.26 Å². The van der Waals surface area contributed by atoms with Gasteiger partial charge in [0.1, 0.15) is 5.41 Å². The van der Waals surface area contributed by atoms with E-state index in [1.807, 2.05) is 0 Å². The van der Waals surface area contributed by atoms with E-state index in [4.69, 9.17) is 9.68 Å². The lowest BCUT2D eigenvalue weighted by atomic mass is 10.1. The number of rotatable bonds is 1. The van der Waals surface area contributed by atoms with Crippen molar-refractivity contribution in [2.24, 2.45) is 0 Å². The summed E-state index contributed by atoms with van der Waals surface area (Å²) < 4.78 is 4.91. The summed E-state index contributed by atoms with van der Waals surface area (Å²) in [5.74, 6) is 0.468. The maximum Gasteiger partial charge on any atom is 0.236 e. The Hall–Kier alpha value is -1.37. The van der Waals surface area contributed by atoms with Crippen LogP contribution >= 0.6 is 0 Å². The molecule has 50 valence electrons. The summed E-state index contributed by atoms with van der Waals surface area (Å²) in [5, 5.41) is 15.8. The van der Waals surface area contributed by atoms with Gasteiger partial charge in [0.15, 0.2) is 0 Å². The molecule has 0 saturated heterocycles. The molecule has 0 bridgehead atoms. The molecule has 1 aromatic heterocycles. The highest BCUT2D eigenvalue weighted by Crippen LogP contribution is 2.46. The smallest absolute Gasteiger partial charge is 0.236 e. The summed E-state index contributed by atoms with van der Waals surface area (Å²) in [6.45, 7) is 0. The lowest BCUT2D eigenvalue weighted by molar-refractivity contribution is 0.470. The van der Waals surface area contributed by atoms with E-state index in [9.17, 15) is 0 Å². The van der Waals surface area contributed by atoms with E-state index in [2.05, 4.69) is 16.3 Å². The Labute approximate surface area is 57.5 Å². The molecule has 0 aliphatic heterocycles. The molecule has 1 saturated carbocycles. The number of hydrogen-bond donors (Lipinski definition) is 0. The van der Waals surface area contributed by atoms with Gasteiger partial charge in [-0.3, -0.25) is 0 Å². The van der Waals surface area contributed by atoms with Crippen LogP contribution in [-0.2, 0) is 5.41 Å². The normalized spacial score (nSPS) is 19.9. The monoisotopic (exact) mass is 135 g/mol. The first kappa shape index (κ1) is 5.42. The molecule has 0 N–H and O–H groups in total. The number of nitrogens with zero attached hydrogens (tertiary/aromatic N) is 3. The van der Waals surface area contributed by atoms with Gasteiger partial charge < -0.3 is 4.42 Å². The predicted octanol–water partition coefficient (Wildman–Crippen LogP) is 0.625. The Bertz CT molecular complexity index is 268. The minimum atomic E-state index is -0.420. The predicted molar refractivity (Wildman–Crippen MR) is 30.8 cm³/mol. The Kier molecular flexibility index (Phi) is 0.849. The molecule has 1 heterocycles. The molecule has 0 atom stereocenters. The Morgan fingerprint density at radius 3 is 2.90 bits per heavy atom. The maximum absolute atomic E-state index is 8.65. The van der Waals surface area contributed by atoms with E-state index in [1.54, 1.807) is 0 Å². The van der Waals surface area contributed by atoms with Crippen LogP contribution in [-0.4, -0.2) is 10.2 Å². The molecule has 1 aliphatic rings. The first-order valence-electron chi connectivity index (χ1n) is 3.05. The molecule has 10 heavy (non-hydrogen) atoms. The molecule has 4 heteroatoms. The van der Waals surface area contributed by atoms with Crippen LogP contribution in [0.3, 0.4) is 0 Å². The Morgan fingerprint density at radius 1 is 1.70 bits per heavy atom. The quantitative estimate of drug-likeness (QED) is 0.566. The molecule has 0 radical (unpaired) electrons. The average Bonchev–Trinajstić information content (AvgIpc) is 2.58. The second-order valence-corrected chi connectivity index (χ2v) is 2.44. The zero-order valence-corrected chi connectivity index (χ0v) is 5.24. The average molecular weight is 135 g/mol. The van der Waals surface area contributed by atoms with Crippen LogP contribution in [0, 0.1) is 11.3 Å². The second-order valence-electron chi connectivity index (χ2n) is 2.44. The van der Waals surface area contributed by atoms with Gasteiger partial charge >= 0.3 is 0 Å². The highest BCUT2D eigenvalue weighted by Gasteiger charge is 2.49. The van der Waals surface area contributed by atoms with Crippen molar-refractivity contribution >= 4 is 0 Å². The molecule has 0 unspecified atom stereocenters. The lowest BCUT2D eigenvalue weighted by Crippen LogP contribution is -2.02. The van der Waals surface area contributed by atoms with Gasteiger partial charge in [0, 0.05) is 0 Å². The topological polar surface area (TPSA) is 62.7 Å². The van der Waals surface area contributed by atoms with Gasteiger partial charge in [-0.2, -0.15) is 5.26 Å². The van der Waals surface area contributed by atoms with Gasteiger partial charge in [0.05, 0.1) is 6.07 Å². The van der Waals surface area contributed by atoms with E-state index >= 15 is 0 Å². The largest absolute Gasteiger partial charge is 0.426 e. The van der Waals surface area contributed by atoms with Gasteiger partial charge in [-0.25, -0.2) is 0 Å². The first-order valence-corrected chi connectivity index (χ1v) is 3.05. The van der Waals surface area contributed by atoms with E-state index in [1.165, 1.54) is 6.39 Å². The Morgan fingerprint density at radius 2 is 2.50 bits per heavy atom. The second kappa shape index (κ2) is 1.57. The third-order valence-electron chi connectivity index (χ3n) is 1.73. The van der Waals surface area contributed by atoms with Crippen LogP contribution in [0.2, 0.25) is 0 Å². The van der Waals surface area contributed by atoms with E-state index in [-0.39, 0.29) is 0 Å². The molecule has 1 fully saturated rings.